The van der Waals surface area contributed by atoms with Crippen molar-refractivity contribution in [1.29, 1.82) is 0 Å². The van der Waals surface area contributed by atoms with Gasteiger partial charge < -0.3 is 9.47 Å². The number of rotatable bonds is 6. The fourth-order valence-electron chi connectivity index (χ4n) is 4.72. The van der Waals surface area contributed by atoms with Crippen molar-refractivity contribution >= 4 is 27.8 Å². The number of aromatic nitrogens is 3. The number of thioether (sulfide) groups is 1. The topological polar surface area (TPSA) is 104 Å². The van der Waals surface area contributed by atoms with Crippen LogP contribution in [0.2, 0.25) is 0 Å². The molecule has 3 fully saturated rings. The maximum atomic E-state index is 13.2. The number of ether oxygens (including phenoxy) is 2. The summed E-state index contributed by atoms with van der Waals surface area (Å²) in [6.45, 7) is 3.39. The second-order valence-corrected chi connectivity index (χ2v) is 11.9. The van der Waals surface area contributed by atoms with Crippen LogP contribution in [0.25, 0.3) is 11.4 Å². The number of nitrogens with zero attached hydrogens (tertiary/aromatic N) is 4. The standard InChI is InChI=1S/C22H28N4O5S2/c1-15-13-19(21(27)31-15)32-22-24-23-20(26(22)17-6-2-3-7-17)16-5-4-8-18(14-16)33(28,29)25-9-11-30-12-10-25/h4-5,8,14-15,17,19H,2-3,6-7,9-13H2,1H3. The van der Waals surface area contributed by atoms with Crippen molar-refractivity contribution in [2.24, 2.45) is 0 Å². The van der Waals surface area contributed by atoms with Crippen LogP contribution >= 0.6 is 11.8 Å². The lowest BCUT2D eigenvalue weighted by Crippen LogP contribution is -2.40. The van der Waals surface area contributed by atoms with Gasteiger partial charge in [-0.15, -0.1) is 10.2 Å². The Kier molecular flexibility index (Phi) is 6.47. The molecule has 0 amide bonds. The highest BCUT2D eigenvalue weighted by Gasteiger charge is 2.36. The van der Waals surface area contributed by atoms with E-state index in [0.29, 0.717) is 49.3 Å². The minimum atomic E-state index is -3.62. The summed E-state index contributed by atoms with van der Waals surface area (Å²) >= 11 is 1.40. The Morgan fingerprint density at radius 3 is 2.58 bits per heavy atom. The average Bonchev–Trinajstić information content (AvgIpc) is 3.55. The van der Waals surface area contributed by atoms with Crippen LogP contribution in [-0.2, 0) is 24.3 Å². The predicted molar refractivity (Wildman–Crippen MR) is 122 cm³/mol. The summed E-state index contributed by atoms with van der Waals surface area (Å²) in [6, 6.07) is 7.15. The van der Waals surface area contributed by atoms with Crippen molar-refractivity contribution in [1.82, 2.24) is 19.1 Å². The maximum absolute atomic E-state index is 13.2. The average molecular weight is 493 g/mol. The number of benzene rings is 1. The molecule has 1 aliphatic carbocycles. The summed E-state index contributed by atoms with van der Waals surface area (Å²) < 4.78 is 40.6. The van der Waals surface area contributed by atoms with Crippen molar-refractivity contribution in [3.05, 3.63) is 24.3 Å². The van der Waals surface area contributed by atoms with E-state index in [-0.39, 0.29) is 28.3 Å². The molecule has 0 bridgehead atoms. The molecule has 1 saturated carbocycles. The number of esters is 1. The molecule has 0 radical (unpaired) electrons. The molecule has 2 saturated heterocycles. The predicted octanol–water partition coefficient (Wildman–Crippen LogP) is 2.88. The van der Waals surface area contributed by atoms with Crippen LogP contribution in [0.3, 0.4) is 0 Å². The van der Waals surface area contributed by atoms with Gasteiger partial charge in [0.05, 0.1) is 18.1 Å². The number of hydrogen-bond acceptors (Lipinski definition) is 8. The van der Waals surface area contributed by atoms with Crippen LogP contribution in [0.5, 0.6) is 0 Å². The Hall–Kier alpha value is -1.95. The van der Waals surface area contributed by atoms with E-state index in [4.69, 9.17) is 9.47 Å². The fraction of sp³-hybridized carbons (Fsp3) is 0.591. The van der Waals surface area contributed by atoms with E-state index in [1.807, 2.05) is 13.0 Å². The molecule has 2 aliphatic heterocycles. The number of cyclic esters (lactones) is 1. The molecule has 1 aromatic heterocycles. The van der Waals surface area contributed by atoms with Crippen molar-refractivity contribution in [2.45, 2.75) is 66.5 Å². The molecule has 3 heterocycles. The van der Waals surface area contributed by atoms with Gasteiger partial charge in [0.15, 0.2) is 11.0 Å². The highest BCUT2D eigenvalue weighted by molar-refractivity contribution is 8.00. The Bertz CT molecular complexity index is 1120. The van der Waals surface area contributed by atoms with E-state index in [1.54, 1.807) is 18.2 Å². The van der Waals surface area contributed by atoms with Gasteiger partial charge in [-0.05, 0) is 31.9 Å². The first kappa shape index (κ1) is 22.8. The summed E-state index contributed by atoms with van der Waals surface area (Å²) in [5.74, 6) is 0.427. The number of carbonyl (C=O) groups excluding carboxylic acids is 1. The molecule has 2 unspecified atom stereocenters. The Labute approximate surface area is 197 Å². The van der Waals surface area contributed by atoms with Crippen molar-refractivity contribution in [3.63, 3.8) is 0 Å². The Morgan fingerprint density at radius 2 is 1.88 bits per heavy atom. The van der Waals surface area contributed by atoms with E-state index in [2.05, 4.69) is 14.8 Å². The van der Waals surface area contributed by atoms with Gasteiger partial charge in [0, 0.05) is 31.1 Å². The van der Waals surface area contributed by atoms with Crippen molar-refractivity contribution in [3.8, 4) is 11.4 Å². The van der Waals surface area contributed by atoms with Crippen molar-refractivity contribution in [2.75, 3.05) is 26.3 Å². The van der Waals surface area contributed by atoms with Gasteiger partial charge in [-0.2, -0.15) is 4.31 Å². The minimum Gasteiger partial charge on any atom is -0.462 e. The molecule has 11 heteroatoms. The smallest absolute Gasteiger partial charge is 0.319 e. The molecule has 33 heavy (non-hydrogen) atoms. The van der Waals surface area contributed by atoms with E-state index in [9.17, 15) is 13.2 Å². The molecule has 5 rings (SSSR count). The first-order valence-corrected chi connectivity index (χ1v) is 13.8. The van der Waals surface area contributed by atoms with Gasteiger partial charge in [0.25, 0.3) is 0 Å². The molecule has 3 aliphatic rings. The van der Waals surface area contributed by atoms with E-state index in [0.717, 1.165) is 25.7 Å². The zero-order valence-electron chi connectivity index (χ0n) is 18.6. The number of morpholine rings is 1. The first-order valence-electron chi connectivity index (χ1n) is 11.4. The normalized spacial score (nSPS) is 24.9. The van der Waals surface area contributed by atoms with Crippen LogP contribution in [0.4, 0.5) is 0 Å². The third kappa shape index (κ3) is 4.55. The monoisotopic (exact) mass is 492 g/mol. The lowest BCUT2D eigenvalue weighted by atomic mass is 10.2. The zero-order chi connectivity index (χ0) is 23.0. The maximum Gasteiger partial charge on any atom is 0.319 e. The largest absolute Gasteiger partial charge is 0.462 e. The molecular weight excluding hydrogens is 464 g/mol. The zero-order valence-corrected chi connectivity index (χ0v) is 20.2. The molecule has 2 aromatic rings. The van der Waals surface area contributed by atoms with Crippen LogP contribution < -0.4 is 0 Å². The highest BCUT2D eigenvalue weighted by atomic mass is 32.2. The number of hydrogen-bond donors (Lipinski definition) is 0. The third-order valence-electron chi connectivity index (χ3n) is 6.43. The van der Waals surface area contributed by atoms with Crippen LogP contribution in [0.15, 0.2) is 34.3 Å². The van der Waals surface area contributed by atoms with Crippen LogP contribution in [0.1, 0.15) is 45.1 Å². The number of sulfonamides is 1. The van der Waals surface area contributed by atoms with Crippen molar-refractivity contribution < 1.29 is 22.7 Å². The Balaban J connectivity index is 1.49. The van der Waals surface area contributed by atoms with Crippen LogP contribution in [-0.4, -0.2) is 71.1 Å². The van der Waals surface area contributed by atoms with Gasteiger partial charge in [-0.3, -0.25) is 9.36 Å². The fourth-order valence-corrected chi connectivity index (χ4v) is 7.39. The summed E-state index contributed by atoms with van der Waals surface area (Å²) in [5, 5.41) is 9.29. The van der Waals surface area contributed by atoms with E-state index >= 15 is 0 Å². The highest BCUT2D eigenvalue weighted by Crippen LogP contribution is 2.39. The lowest BCUT2D eigenvalue weighted by molar-refractivity contribution is -0.140. The molecule has 2 atom stereocenters. The second-order valence-electron chi connectivity index (χ2n) is 8.75. The van der Waals surface area contributed by atoms with Gasteiger partial charge in [-0.1, -0.05) is 36.7 Å². The van der Waals surface area contributed by atoms with Gasteiger partial charge in [-0.25, -0.2) is 8.42 Å². The molecule has 0 N–H and O–H groups in total. The minimum absolute atomic E-state index is 0.0978. The summed E-state index contributed by atoms with van der Waals surface area (Å²) in [4.78, 5) is 12.5. The van der Waals surface area contributed by atoms with E-state index in [1.165, 1.54) is 16.1 Å². The van der Waals surface area contributed by atoms with Gasteiger partial charge in [0.2, 0.25) is 10.0 Å². The molecular formula is C22H28N4O5S2. The molecule has 0 spiro atoms. The SMILES string of the molecule is CC1CC(Sc2nnc(-c3cccc(S(=O)(=O)N4CCOCC4)c3)n2C2CCCC2)C(=O)O1. The third-order valence-corrected chi connectivity index (χ3v) is 9.48. The summed E-state index contributed by atoms with van der Waals surface area (Å²) in [6.07, 6.45) is 4.82. The number of carbonyl (C=O) groups is 1. The second kappa shape index (κ2) is 9.36. The van der Waals surface area contributed by atoms with Crippen LogP contribution in [0, 0.1) is 0 Å². The first-order chi connectivity index (χ1) is 15.9. The summed E-state index contributed by atoms with van der Waals surface area (Å²) in [5.41, 5.74) is 0.706. The van der Waals surface area contributed by atoms with E-state index < -0.39 is 10.0 Å². The van der Waals surface area contributed by atoms with Gasteiger partial charge in [0.1, 0.15) is 11.4 Å². The Morgan fingerprint density at radius 1 is 1.12 bits per heavy atom. The lowest BCUT2D eigenvalue weighted by Gasteiger charge is -2.26. The quantitative estimate of drug-likeness (QED) is 0.567. The van der Waals surface area contributed by atoms with Gasteiger partial charge >= 0.3 is 5.97 Å². The molecule has 178 valence electrons. The molecule has 1 aromatic carbocycles. The molecule has 9 nitrogen and oxygen atoms in total. The summed E-state index contributed by atoms with van der Waals surface area (Å²) in [7, 11) is -3.62.